The Balaban J connectivity index is 1.20. The summed E-state index contributed by atoms with van der Waals surface area (Å²) in [5, 5.41) is 2.73. The molecule has 33 heavy (non-hydrogen) atoms. The molecule has 4 heterocycles. The van der Waals surface area contributed by atoms with Crippen LogP contribution < -0.4 is 14.8 Å². The topological polar surface area (TPSA) is 101 Å². The van der Waals surface area contributed by atoms with Crippen molar-refractivity contribution in [3.63, 3.8) is 0 Å². The van der Waals surface area contributed by atoms with Crippen molar-refractivity contribution in [3.8, 4) is 11.5 Å². The van der Waals surface area contributed by atoms with Crippen LogP contribution in [0.25, 0.3) is 0 Å². The van der Waals surface area contributed by atoms with E-state index in [9.17, 15) is 14.4 Å². The summed E-state index contributed by atoms with van der Waals surface area (Å²) in [7, 11) is 0. The Kier molecular flexibility index (Phi) is 5.85. The van der Waals surface area contributed by atoms with Crippen molar-refractivity contribution < 1.29 is 23.9 Å². The normalized spacial score (nSPS) is 21.9. The molecule has 0 aliphatic carbocycles. The lowest BCUT2D eigenvalue weighted by Crippen LogP contribution is -2.39. The minimum atomic E-state index is -0.697. The molecule has 0 saturated carbocycles. The molecule has 4 amide bonds. The van der Waals surface area contributed by atoms with Gasteiger partial charge in [0.15, 0.2) is 11.5 Å². The number of benzene rings is 1. The fourth-order valence-corrected chi connectivity index (χ4v) is 4.71. The van der Waals surface area contributed by atoms with Gasteiger partial charge in [-0.05, 0) is 55.0 Å². The number of pyridine rings is 1. The molecule has 3 aliphatic rings. The highest BCUT2D eigenvalue weighted by Crippen LogP contribution is 2.33. The number of urea groups is 1. The van der Waals surface area contributed by atoms with Gasteiger partial charge in [-0.2, -0.15) is 0 Å². The third-order valence-corrected chi connectivity index (χ3v) is 6.42. The predicted molar refractivity (Wildman–Crippen MR) is 117 cm³/mol. The van der Waals surface area contributed by atoms with Crippen molar-refractivity contribution in [3.05, 3.63) is 53.9 Å². The van der Waals surface area contributed by atoms with Gasteiger partial charge in [0.2, 0.25) is 12.7 Å². The highest BCUT2D eigenvalue weighted by Gasteiger charge is 2.38. The summed E-state index contributed by atoms with van der Waals surface area (Å²) in [6, 6.07) is 8.10. The van der Waals surface area contributed by atoms with Crippen molar-refractivity contribution in [2.24, 2.45) is 0 Å². The first-order valence-corrected chi connectivity index (χ1v) is 11.3. The molecule has 2 saturated heterocycles. The van der Waals surface area contributed by atoms with Gasteiger partial charge < -0.3 is 19.7 Å². The van der Waals surface area contributed by atoms with Crippen molar-refractivity contribution >= 4 is 17.8 Å². The van der Waals surface area contributed by atoms with Crippen LogP contribution in [0, 0.1) is 0 Å². The number of aromatic nitrogens is 1. The van der Waals surface area contributed by atoms with Crippen molar-refractivity contribution in [1.82, 2.24) is 20.1 Å². The number of piperidine rings is 1. The van der Waals surface area contributed by atoms with E-state index >= 15 is 0 Å². The molecule has 172 valence electrons. The molecule has 9 nitrogen and oxygen atoms in total. The summed E-state index contributed by atoms with van der Waals surface area (Å²) >= 11 is 0. The number of nitrogens with zero attached hydrogens (tertiary/aromatic N) is 3. The minimum Gasteiger partial charge on any atom is -0.454 e. The fraction of sp³-hybridized carbons (Fsp3) is 0.417. The lowest BCUT2D eigenvalue weighted by Gasteiger charge is -2.36. The molecule has 2 atom stereocenters. The number of imide groups is 1. The third kappa shape index (κ3) is 4.35. The number of hydrogen-bond donors (Lipinski definition) is 1. The zero-order valence-corrected chi connectivity index (χ0v) is 18.2. The van der Waals surface area contributed by atoms with Crippen molar-refractivity contribution in [1.29, 1.82) is 0 Å². The number of amides is 4. The minimum absolute atomic E-state index is 0.000164. The Bertz CT molecular complexity index is 1060. The van der Waals surface area contributed by atoms with Gasteiger partial charge in [0, 0.05) is 25.4 Å². The summed E-state index contributed by atoms with van der Waals surface area (Å²) in [6.07, 6.45) is 6.94. The molecular weight excluding hydrogens is 424 g/mol. The number of fused-ring (bicyclic) bond motifs is 1. The van der Waals surface area contributed by atoms with E-state index in [-0.39, 0.29) is 44.0 Å². The van der Waals surface area contributed by atoms with Crippen LogP contribution in [-0.4, -0.2) is 52.0 Å². The van der Waals surface area contributed by atoms with Gasteiger partial charge in [-0.15, -0.1) is 0 Å². The molecule has 0 spiro atoms. The maximum absolute atomic E-state index is 13.0. The van der Waals surface area contributed by atoms with Crippen LogP contribution in [0.5, 0.6) is 11.5 Å². The monoisotopic (exact) mass is 450 g/mol. The smallest absolute Gasteiger partial charge is 0.325 e. The molecule has 1 aromatic heterocycles. The van der Waals surface area contributed by atoms with Crippen LogP contribution in [0.1, 0.15) is 49.3 Å². The Morgan fingerprint density at radius 3 is 2.88 bits per heavy atom. The second-order valence-corrected chi connectivity index (χ2v) is 8.54. The molecule has 2 aromatic rings. The predicted octanol–water partition coefficient (Wildman–Crippen LogP) is 2.76. The summed E-state index contributed by atoms with van der Waals surface area (Å²) < 4.78 is 10.7. The number of carbonyl (C=O) groups excluding carboxylic acids is 3. The van der Waals surface area contributed by atoms with E-state index in [4.69, 9.17) is 9.47 Å². The SMILES string of the molecule is O=C1N[C@@H](CCC(=O)N2CCCC[C@H]2c2cccnc2)C(=O)N1Cc1ccc2c(c1)OCO2. The first-order valence-electron chi connectivity index (χ1n) is 11.3. The lowest BCUT2D eigenvalue weighted by atomic mass is 9.95. The zero-order valence-electron chi connectivity index (χ0n) is 18.2. The summed E-state index contributed by atoms with van der Waals surface area (Å²) in [5.74, 6) is 0.939. The molecule has 2 fully saturated rings. The maximum Gasteiger partial charge on any atom is 0.325 e. The number of likely N-dealkylation sites (tertiary alicyclic amines) is 1. The molecule has 1 N–H and O–H groups in total. The standard InChI is InChI=1S/C24H26N4O5/c29-22(27-11-2-1-5-19(27)17-4-3-10-25-13-17)9-7-18-23(30)28(24(31)26-18)14-16-6-8-20-21(12-16)33-15-32-20/h3-4,6,8,10,12-13,18-19H,1-2,5,7,9,11,14-15H2,(H,26,31)/t18-,19-/m0/s1. The first kappa shape index (κ1) is 21.2. The van der Waals surface area contributed by atoms with E-state index in [0.29, 0.717) is 18.0 Å². The quantitative estimate of drug-likeness (QED) is 0.679. The largest absolute Gasteiger partial charge is 0.454 e. The molecule has 0 unspecified atom stereocenters. The molecule has 9 heteroatoms. The van der Waals surface area contributed by atoms with Crippen LogP contribution in [0.4, 0.5) is 4.79 Å². The summed E-state index contributed by atoms with van der Waals surface area (Å²) in [6.45, 7) is 0.997. The highest BCUT2D eigenvalue weighted by molar-refractivity contribution is 6.04. The molecule has 0 radical (unpaired) electrons. The Morgan fingerprint density at radius 2 is 2.03 bits per heavy atom. The van der Waals surface area contributed by atoms with Gasteiger partial charge >= 0.3 is 6.03 Å². The lowest BCUT2D eigenvalue weighted by molar-refractivity contribution is -0.135. The first-order chi connectivity index (χ1) is 16.1. The molecular formula is C24H26N4O5. The van der Waals surface area contributed by atoms with E-state index < -0.39 is 12.1 Å². The molecule has 3 aliphatic heterocycles. The number of rotatable bonds is 6. The van der Waals surface area contributed by atoms with Crippen LogP contribution >= 0.6 is 0 Å². The highest BCUT2D eigenvalue weighted by atomic mass is 16.7. The van der Waals surface area contributed by atoms with Gasteiger partial charge in [0.25, 0.3) is 5.91 Å². The summed E-state index contributed by atoms with van der Waals surface area (Å²) in [5.41, 5.74) is 1.80. The number of carbonyl (C=O) groups is 3. The zero-order chi connectivity index (χ0) is 22.8. The maximum atomic E-state index is 13.0. The van der Waals surface area contributed by atoms with Gasteiger partial charge in [-0.25, -0.2) is 4.79 Å². The van der Waals surface area contributed by atoms with Gasteiger partial charge in [0.05, 0.1) is 12.6 Å². The Morgan fingerprint density at radius 1 is 1.15 bits per heavy atom. The second-order valence-electron chi connectivity index (χ2n) is 8.54. The van der Waals surface area contributed by atoms with Crippen LogP contribution in [-0.2, 0) is 16.1 Å². The van der Waals surface area contributed by atoms with Crippen molar-refractivity contribution in [2.45, 2.75) is 50.7 Å². The van der Waals surface area contributed by atoms with E-state index in [1.165, 1.54) is 4.90 Å². The molecule has 5 rings (SSSR count). The Labute approximate surface area is 191 Å². The van der Waals surface area contributed by atoms with Crippen LogP contribution in [0.3, 0.4) is 0 Å². The van der Waals surface area contributed by atoms with Gasteiger partial charge in [0.1, 0.15) is 6.04 Å². The Hall–Kier alpha value is -3.62. The average molecular weight is 450 g/mol. The van der Waals surface area contributed by atoms with Gasteiger partial charge in [-0.1, -0.05) is 12.1 Å². The second kappa shape index (κ2) is 9.09. The fourth-order valence-electron chi connectivity index (χ4n) is 4.71. The van der Waals surface area contributed by atoms with Crippen LogP contribution in [0.15, 0.2) is 42.7 Å². The molecule has 0 bridgehead atoms. The molecule has 1 aromatic carbocycles. The van der Waals surface area contributed by atoms with E-state index in [2.05, 4.69) is 10.3 Å². The summed E-state index contributed by atoms with van der Waals surface area (Å²) in [4.78, 5) is 45.7. The van der Waals surface area contributed by atoms with E-state index in [1.54, 1.807) is 24.4 Å². The average Bonchev–Trinajstić information content (AvgIpc) is 3.42. The van der Waals surface area contributed by atoms with Gasteiger partial charge in [-0.3, -0.25) is 19.5 Å². The van der Waals surface area contributed by atoms with E-state index in [1.807, 2.05) is 23.2 Å². The van der Waals surface area contributed by atoms with E-state index in [0.717, 1.165) is 30.4 Å². The third-order valence-electron chi connectivity index (χ3n) is 6.42. The number of hydrogen-bond acceptors (Lipinski definition) is 6. The van der Waals surface area contributed by atoms with Crippen LogP contribution in [0.2, 0.25) is 0 Å². The number of nitrogens with one attached hydrogen (secondary N) is 1. The number of ether oxygens (including phenoxy) is 2. The van der Waals surface area contributed by atoms with Crippen molar-refractivity contribution in [2.75, 3.05) is 13.3 Å².